The number of rotatable bonds is 4. The minimum absolute atomic E-state index is 0.293. The fraction of sp³-hybridized carbons (Fsp3) is 0.167. The van der Waals surface area contributed by atoms with Gasteiger partial charge in [-0.1, -0.05) is 6.07 Å². The van der Waals surface area contributed by atoms with E-state index in [1.807, 2.05) is 12.1 Å². The van der Waals surface area contributed by atoms with Gasteiger partial charge in [-0.05, 0) is 12.1 Å². The minimum Gasteiger partial charge on any atom is -0.619 e. The lowest BCUT2D eigenvalue weighted by atomic mass is 10.3. The molecular weight excluding hydrogens is 220 g/mol. The Kier molecular flexibility index (Phi) is 3.40. The van der Waals surface area contributed by atoms with E-state index in [0.717, 1.165) is 5.69 Å². The van der Waals surface area contributed by atoms with Crippen molar-refractivity contribution in [2.75, 3.05) is 7.11 Å². The molecule has 0 spiro atoms. The maximum Gasteiger partial charge on any atom is 0.222 e. The molecule has 0 aliphatic carbocycles. The van der Waals surface area contributed by atoms with Gasteiger partial charge in [-0.25, -0.2) is 4.98 Å². The van der Waals surface area contributed by atoms with Crippen LogP contribution in [0.3, 0.4) is 0 Å². The van der Waals surface area contributed by atoms with Gasteiger partial charge < -0.3 is 14.7 Å². The second-order valence-electron chi connectivity index (χ2n) is 3.36. The summed E-state index contributed by atoms with van der Waals surface area (Å²) >= 11 is 0. The number of nitrogens with zero attached hydrogens (tertiary/aromatic N) is 2. The maximum atomic E-state index is 11.0. The molecule has 0 saturated carbocycles. The molecule has 0 radical (unpaired) electrons. The van der Waals surface area contributed by atoms with Crippen LogP contribution in [-0.2, 0) is 6.61 Å². The van der Waals surface area contributed by atoms with Gasteiger partial charge >= 0.3 is 0 Å². The quantitative estimate of drug-likeness (QED) is 0.589. The van der Waals surface area contributed by atoms with Gasteiger partial charge in [0.2, 0.25) is 12.1 Å². The van der Waals surface area contributed by atoms with E-state index in [9.17, 15) is 5.21 Å². The summed E-state index contributed by atoms with van der Waals surface area (Å²) in [6.45, 7) is 0.293. The van der Waals surface area contributed by atoms with Crippen molar-refractivity contribution in [3.05, 3.63) is 53.6 Å². The normalized spacial score (nSPS) is 9.94. The van der Waals surface area contributed by atoms with Crippen LogP contribution in [0.1, 0.15) is 5.69 Å². The van der Waals surface area contributed by atoms with Gasteiger partial charge in [0.1, 0.15) is 6.61 Å². The zero-order valence-electron chi connectivity index (χ0n) is 9.37. The lowest BCUT2D eigenvalue weighted by Gasteiger charge is -2.06. The Bertz CT molecular complexity index is 503. The molecule has 0 unspecified atom stereocenters. The molecular formula is C12H12N2O3. The molecule has 0 atom stereocenters. The van der Waals surface area contributed by atoms with Crippen molar-refractivity contribution < 1.29 is 14.2 Å². The Hall–Kier alpha value is -2.30. The van der Waals surface area contributed by atoms with Crippen LogP contribution < -0.4 is 14.2 Å². The van der Waals surface area contributed by atoms with E-state index >= 15 is 0 Å². The minimum atomic E-state index is 0.293. The van der Waals surface area contributed by atoms with Crippen molar-refractivity contribution in [1.29, 1.82) is 0 Å². The summed E-state index contributed by atoms with van der Waals surface area (Å²) in [5.74, 6) is 1.05. The molecule has 17 heavy (non-hydrogen) atoms. The molecule has 5 nitrogen and oxygen atoms in total. The molecule has 2 aromatic heterocycles. The van der Waals surface area contributed by atoms with E-state index in [0.29, 0.717) is 23.0 Å². The molecule has 0 bridgehead atoms. The van der Waals surface area contributed by atoms with Gasteiger partial charge in [0.15, 0.2) is 11.9 Å². The topological polar surface area (TPSA) is 58.3 Å². The zero-order valence-corrected chi connectivity index (χ0v) is 9.37. The van der Waals surface area contributed by atoms with Gasteiger partial charge in [-0.3, -0.25) is 0 Å². The molecule has 0 amide bonds. The van der Waals surface area contributed by atoms with Crippen molar-refractivity contribution >= 4 is 0 Å². The Labute approximate surface area is 98.8 Å². The third-order valence-corrected chi connectivity index (χ3v) is 2.13. The highest BCUT2D eigenvalue weighted by Crippen LogP contribution is 2.11. The van der Waals surface area contributed by atoms with Gasteiger partial charge in [0, 0.05) is 12.1 Å². The number of hydrogen-bond donors (Lipinski definition) is 0. The molecule has 0 aliphatic rings. The molecule has 88 valence electrons. The Morgan fingerprint density at radius 3 is 2.94 bits per heavy atom. The monoisotopic (exact) mass is 232 g/mol. The highest BCUT2D eigenvalue weighted by Gasteiger charge is 2.01. The first-order valence-corrected chi connectivity index (χ1v) is 5.09. The summed E-state index contributed by atoms with van der Waals surface area (Å²) in [7, 11) is 1.56. The van der Waals surface area contributed by atoms with E-state index in [4.69, 9.17) is 9.47 Å². The fourth-order valence-corrected chi connectivity index (χ4v) is 1.33. The molecule has 0 aromatic carbocycles. The standard InChI is InChI=1S/C12H12N2O3/c1-16-12-6-2-4-10(13-12)9-17-11-5-3-7-14(15)8-11/h2-8H,9H2,1H3. The summed E-state index contributed by atoms with van der Waals surface area (Å²) in [5, 5.41) is 11.0. The Balaban J connectivity index is 2.02. The number of ether oxygens (including phenoxy) is 2. The second kappa shape index (κ2) is 5.16. The van der Waals surface area contributed by atoms with E-state index in [2.05, 4.69) is 4.98 Å². The average molecular weight is 232 g/mol. The lowest BCUT2D eigenvalue weighted by molar-refractivity contribution is -0.605. The SMILES string of the molecule is COc1cccc(COc2ccc[n+]([O-])c2)n1. The number of aromatic nitrogens is 2. The average Bonchev–Trinajstić information content (AvgIpc) is 2.37. The van der Waals surface area contributed by atoms with Gasteiger partial charge in [-0.15, -0.1) is 0 Å². The Morgan fingerprint density at radius 2 is 2.18 bits per heavy atom. The molecule has 0 aliphatic heterocycles. The van der Waals surface area contributed by atoms with E-state index < -0.39 is 0 Å². The van der Waals surface area contributed by atoms with E-state index in [1.165, 1.54) is 12.4 Å². The predicted octanol–water partition coefficient (Wildman–Crippen LogP) is 1.30. The summed E-state index contributed by atoms with van der Waals surface area (Å²) in [4.78, 5) is 4.20. The molecule has 2 heterocycles. The summed E-state index contributed by atoms with van der Waals surface area (Å²) < 4.78 is 11.1. The predicted molar refractivity (Wildman–Crippen MR) is 60.5 cm³/mol. The first-order valence-electron chi connectivity index (χ1n) is 5.09. The van der Waals surface area contributed by atoms with Crippen molar-refractivity contribution in [1.82, 2.24) is 4.98 Å². The fourth-order valence-electron chi connectivity index (χ4n) is 1.33. The van der Waals surface area contributed by atoms with Crippen LogP contribution in [0.25, 0.3) is 0 Å². The third-order valence-electron chi connectivity index (χ3n) is 2.13. The van der Waals surface area contributed by atoms with Crippen molar-refractivity contribution in [2.45, 2.75) is 6.61 Å². The third kappa shape index (κ3) is 3.07. The van der Waals surface area contributed by atoms with Crippen LogP contribution in [0, 0.1) is 5.21 Å². The number of hydrogen-bond acceptors (Lipinski definition) is 4. The van der Waals surface area contributed by atoms with Crippen molar-refractivity contribution in [2.24, 2.45) is 0 Å². The number of methoxy groups -OCH3 is 1. The molecule has 2 aromatic rings. The van der Waals surface area contributed by atoms with Crippen LogP contribution in [0.15, 0.2) is 42.7 Å². The Morgan fingerprint density at radius 1 is 1.29 bits per heavy atom. The van der Waals surface area contributed by atoms with Gasteiger partial charge in [0.25, 0.3) is 0 Å². The highest BCUT2D eigenvalue weighted by molar-refractivity contribution is 5.17. The second-order valence-corrected chi connectivity index (χ2v) is 3.36. The van der Waals surface area contributed by atoms with Gasteiger partial charge in [-0.2, -0.15) is 4.73 Å². The van der Waals surface area contributed by atoms with E-state index in [1.54, 1.807) is 25.3 Å². The highest BCUT2D eigenvalue weighted by atomic mass is 16.5. The zero-order chi connectivity index (χ0) is 12.1. The maximum absolute atomic E-state index is 11.0. The summed E-state index contributed by atoms with van der Waals surface area (Å²) in [6.07, 6.45) is 2.76. The summed E-state index contributed by atoms with van der Waals surface area (Å²) in [5.41, 5.74) is 0.741. The first-order chi connectivity index (χ1) is 8.28. The van der Waals surface area contributed by atoms with Crippen molar-refractivity contribution in [3.8, 4) is 11.6 Å². The van der Waals surface area contributed by atoms with Gasteiger partial charge in [0.05, 0.1) is 12.8 Å². The van der Waals surface area contributed by atoms with Crippen LogP contribution in [-0.4, -0.2) is 12.1 Å². The van der Waals surface area contributed by atoms with Crippen LogP contribution in [0.5, 0.6) is 11.6 Å². The van der Waals surface area contributed by atoms with Crippen molar-refractivity contribution in [3.63, 3.8) is 0 Å². The first kappa shape index (κ1) is 11.2. The summed E-state index contributed by atoms with van der Waals surface area (Å²) in [6, 6.07) is 8.77. The van der Waals surface area contributed by atoms with Crippen LogP contribution in [0.4, 0.5) is 0 Å². The molecule has 0 fully saturated rings. The molecule has 5 heteroatoms. The van der Waals surface area contributed by atoms with Crippen LogP contribution >= 0.6 is 0 Å². The molecule has 0 saturated heterocycles. The van der Waals surface area contributed by atoms with Crippen LogP contribution in [0.2, 0.25) is 0 Å². The lowest BCUT2D eigenvalue weighted by Crippen LogP contribution is -2.24. The smallest absolute Gasteiger partial charge is 0.222 e. The van der Waals surface area contributed by atoms with E-state index in [-0.39, 0.29) is 0 Å². The largest absolute Gasteiger partial charge is 0.619 e. The molecule has 2 rings (SSSR count). The molecule has 0 N–H and O–H groups in total. The number of pyridine rings is 2.